The normalized spacial score (nSPS) is 12.5. The zero-order chi connectivity index (χ0) is 11.4. The van der Waals surface area contributed by atoms with Crippen LogP contribution in [-0.4, -0.2) is 11.1 Å². The van der Waals surface area contributed by atoms with Crippen molar-refractivity contribution in [3.63, 3.8) is 0 Å². The Hall–Kier alpha value is -1.45. The van der Waals surface area contributed by atoms with E-state index in [0.29, 0.717) is 18.4 Å². The molecule has 0 radical (unpaired) electrons. The molecule has 4 heteroatoms. The van der Waals surface area contributed by atoms with Crippen molar-refractivity contribution in [1.82, 2.24) is 0 Å². The standard InChI is InChI=1S/C11H12F2O2/c1-7(11(14)15)2-3-8-4-5-9(12)10(13)6-8/h4-7H,2-3H2,1H3,(H,14,15)/t7-/m1/s1. The van der Waals surface area contributed by atoms with Crippen molar-refractivity contribution in [3.05, 3.63) is 35.4 Å². The van der Waals surface area contributed by atoms with E-state index in [1.54, 1.807) is 6.92 Å². The van der Waals surface area contributed by atoms with Crippen LogP contribution < -0.4 is 0 Å². The van der Waals surface area contributed by atoms with Gasteiger partial charge >= 0.3 is 5.97 Å². The van der Waals surface area contributed by atoms with Gasteiger partial charge in [0.25, 0.3) is 0 Å². The lowest BCUT2D eigenvalue weighted by atomic mass is 10.0. The van der Waals surface area contributed by atoms with Gasteiger partial charge in [0.05, 0.1) is 5.92 Å². The molecular formula is C11H12F2O2. The maximum atomic E-state index is 12.8. The summed E-state index contributed by atoms with van der Waals surface area (Å²) in [5.41, 5.74) is 0.613. The third kappa shape index (κ3) is 3.31. The Morgan fingerprint density at radius 2 is 2.07 bits per heavy atom. The first-order valence-electron chi connectivity index (χ1n) is 4.67. The predicted molar refractivity (Wildman–Crippen MR) is 51.5 cm³/mol. The fraction of sp³-hybridized carbons (Fsp3) is 0.364. The van der Waals surface area contributed by atoms with Crippen molar-refractivity contribution >= 4 is 5.97 Å². The summed E-state index contributed by atoms with van der Waals surface area (Å²) in [4.78, 5) is 10.5. The van der Waals surface area contributed by atoms with Crippen molar-refractivity contribution in [2.45, 2.75) is 19.8 Å². The van der Waals surface area contributed by atoms with Crippen molar-refractivity contribution in [1.29, 1.82) is 0 Å². The van der Waals surface area contributed by atoms with Crippen LogP contribution in [0.1, 0.15) is 18.9 Å². The van der Waals surface area contributed by atoms with Crippen LogP contribution in [0.15, 0.2) is 18.2 Å². The van der Waals surface area contributed by atoms with Crippen LogP contribution in [0.25, 0.3) is 0 Å². The van der Waals surface area contributed by atoms with Gasteiger partial charge in [-0.25, -0.2) is 8.78 Å². The Kier molecular flexibility index (Phi) is 3.77. The van der Waals surface area contributed by atoms with Crippen LogP contribution in [0.2, 0.25) is 0 Å². The molecule has 0 saturated heterocycles. The maximum absolute atomic E-state index is 12.8. The number of carboxylic acids is 1. The van der Waals surface area contributed by atoms with E-state index >= 15 is 0 Å². The predicted octanol–water partition coefficient (Wildman–Crippen LogP) is 2.62. The lowest BCUT2D eigenvalue weighted by Crippen LogP contribution is -2.10. The van der Waals surface area contributed by atoms with E-state index in [0.717, 1.165) is 12.1 Å². The minimum atomic E-state index is -0.893. The van der Waals surface area contributed by atoms with Crippen LogP contribution in [-0.2, 0) is 11.2 Å². The second kappa shape index (κ2) is 4.87. The largest absolute Gasteiger partial charge is 0.481 e. The van der Waals surface area contributed by atoms with Crippen LogP contribution in [0, 0.1) is 17.6 Å². The van der Waals surface area contributed by atoms with Crippen molar-refractivity contribution in [3.8, 4) is 0 Å². The molecule has 2 nitrogen and oxygen atoms in total. The molecule has 1 aromatic rings. The quantitative estimate of drug-likeness (QED) is 0.836. The van der Waals surface area contributed by atoms with Gasteiger partial charge in [0.2, 0.25) is 0 Å². The lowest BCUT2D eigenvalue weighted by Gasteiger charge is -2.05. The molecule has 0 unspecified atom stereocenters. The number of carboxylic acid groups (broad SMARTS) is 1. The van der Waals surface area contributed by atoms with Gasteiger partial charge in [-0.1, -0.05) is 13.0 Å². The second-order valence-corrected chi connectivity index (χ2v) is 3.53. The summed E-state index contributed by atoms with van der Waals surface area (Å²) in [5, 5.41) is 8.62. The SMILES string of the molecule is C[C@H](CCc1ccc(F)c(F)c1)C(=O)O. The summed E-state index contributed by atoms with van der Waals surface area (Å²) >= 11 is 0. The summed E-state index contributed by atoms with van der Waals surface area (Å²) in [6, 6.07) is 3.62. The molecule has 0 aliphatic carbocycles. The molecule has 0 spiro atoms. The average molecular weight is 214 g/mol. The van der Waals surface area contributed by atoms with Crippen molar-refractivity contribution in [2.75, 3.05) is 0 Å². The van der Waals surface area contributed by atoms with E-state index in [1.807, 2.05) is 0 Å². The molecule has 0 aromatic heterocycles. The smallest absolute Gasteiger partial charge is 0.306 e. The number of carbonyl (C=O) groups is 1. The number of hydrogen-bond donors (Lipinski definition) is 1. The molecule has 0 fully saturated rings. The number of rotatable bonds is 4. The van der Waals surface area contributed by atoms with Gasteiger partial charge in [-0.2, -0.15) is 0 Å². The second-order valence-electron chi connectivity index (χ2n) is 3.53. The molecule has 0 bridgehead atoms. The van der Waals surface area contributed by atoms with E-state index in [-0.39, 0.29) is 0 Å². The fourth-order valence-electron chi connectivity index (χ4n) is 1.20. The molecule has 1 N–H and O–H groups in total. The molecule has 1 atom stereocenters. The molecule has 0 amide bonds. The van der Waals surface area contributed by atoms with Crippen LogP contribution >= 0.6 is 0 Å². The third-order valence-electron chi connectivity index (χ3n) is 2.27. The van der Waals surface area contributed by atoms with E-state index in [4.69, 9.17) is 5.11 Å². The van der Waals surface area contributed by atoms with Crippen LogP contribution in [0.5, 0.6) is 0 Å². The summed E-state index contributed by atoms with van der Waals surface area (Å²) in [5.74, 6) is -3.13. The van der Waals surface area contributed by atoms with Gasteiger partial charge in [-0.3, -0.25) is 4.79 Å². The van der Waals surface area contributed by atoms with Crippen molar-refractivity contribution < 1.29 is 18.7 Å². The highest BCUT2D eigenvalue weighted by molar-refractivity contribution is 5.69. The number of halogens is 2. The van der Waals surface area contributed by atoms with Gasteiger partial charge in [-0.05, 0) is 30.5 Å². The molecule has 0 aliphatic heterocycles. The topological polar surface area (TPSA) is 37.3 Å². The van der Waals surface area contributed by atoms with E-state index in [2.05, 4.69) is 0 Å². The third-order valence-corrected chi connectivity index (χ3v) is 2.27. The minimum absolute atomic E-state index is 0.417. The molecule has 82 valence electrons. The van der Waals surface area contributed by atoms with Gasteiger partial charge in [-0.15, -0.1) is 0 Å². The first kappa shape index (κ1) is 11.6. The lowest BCUT2D eigenvalue weighted by molar-refractivity contribution is -0.141. The van der Waals surface area contributed by atoms with Gasteiger partial charge in [0, 0.05) is 0 Å². The Morgan fingerprint density at radius 1 is 1.40 bits per heavy atom. The van der Waals surface area contributed by atoms with E-state index < -0.39 is 23.5 Å². The highest BCUT2D eigenvalue weighted by atomic mass is 19.2. The Morgan fingerprint density at radius 3 is 2.60 bits per heavy atom. The first-order valence-corrected chi connectivity index (χ1v) is 4.67. The van der Waals surface area contributed by atoms with Crippen molar-refractivity contribution in [2.24, 2.45) is 5.92 Å². The Labute approximate surface area is 86.5 Å². The number of aliphatic carboxylic acids is 1. The van der Waals surface area contributed by atoms with E-state index in [1.165, 1.54) is 6.07 Å². The van der Waals surface area contributed by atoms with Crippen LogP contribution in [0.3, 0.4) is 0 Å². The number of hydrogen-bond acceptors (Lipinski definition) is 1. The average Bonchev–Trinajstić information content (AvgIpc) is 2.19. The summed E-state index contributed by atoms with van der Waals surface area (Å²) in [6.45, 7) is 1.59. The zero-order valence-corrected chi connectivity index (χ0v) is 8.34. The minimum Gasteiger partial charge on any atom is -0.481 e. The Balaban J connectivity index is 2.58. The number of benzene rings is 1. The summed E-state index contributed by atoms with van der Waals surface area (Å²) in [7, 11) is 0. The molecule has 1 rings (SSSR count). The summed E-state index contributed by atoms with van der Waals surface area (Å²) < 4.78 is 25.3. The molecule has 0 saturated carbocycles. The number of aryl methyl sites for hydroxylation is 1. The van der Waals surface area contributed by atoms with Crippen LogP contribution in [0.4, 0.5) is 8.78 Å². The fourth-order valence-corrected chi connectivity index (χ4v) is 1.20. The molecule has 1 aromatic carbocycles. The highest BCUT2D eigenvalue weighted by Gasteiger charge is 2.11. The van der Waals surface area contributed by atoms with Gasteiger partial charge in [0.1, 0.15) is 0 Å². The zero-order valence-electron chi connectivity index (χ0n) is 8.34. The van der Waals surface area contributed by atoms with E-state index in [9.17, 15) is 13.6 Å². The van der Waals surface area contributed by atoms with Gasteiger partial charge < -0.3 is 5.11 Å². The molecule has 0 aliphatic rings. The first-order chi connectivity index (χ1) is 7.00. The monoisotopic (exact) mass is 214 g/mol. The highest BCUT2D eigenvalue weighted by Crippen LogP contribution is 2.13. The summed E-state index contributed by atoms with van der Waals surface area (Å²) in [6.07, 6.45) is 0.852. The Bertz CT molecular complexity index is 364. The molecule has 0 heterocycles. The molecule has 15 heavy (non-hydrogen) atoms. The molecular weight excluding hydrogens is 202 g/mol. The maximum Gasteiger partial charge on any atom is 0.306 e. The van der Waals surface area contributed by atoms with Gasteiger partial charge in [0.15, 0.2) is 11.6 Å².